The zero-order valence-electron chi connectivity index (χ0n) is 17.2. The average Bonchev–Trinajstić information content (AvgIpc) is 2.82. The van der Waals surface area contributed by atoms with E-state index in [1.165, 1.54) is 19.4 Å². The monoisotopic (exact) mass is 428 g/mol. The highest BCUT2D eigenvalue weighted by Gasteiger charge is 2.29. The molecule has 0 aliphatic heterocycles. The predicted octanol–water partition coefficient (Wildman–Crippen LogP) is 2.82. The number of anilines is 1. The van der Waals surface area contributed by atoms with Crippen LogP contribution >= 0.6 is 0 Å². The first kappa shape index (κ1) is 20.8. The van der Waals surface area contributed by atoms with Gasteiger partial charge in [0.05, 0.1) is 35.1 Å². The number of carbonyl (C=O) groups excluding carboxylic acids is 2. The predicted molar refractivity (Wildman–Crippen MR) is 121 cm³/mol. The minimum atomic E-state index is -1.32. The van der Waals surface area contributed by atoms with Crippen LogP contribution in [-0.4, -0.2) is 29.0 Å². The Bertz CT molecular complexity index is 1370. The molecule has 4 rings (SSSR count). The number of nitrogen functional groups attached to an aromatic ring is 1. The lowest BCUT2D eigenvalue weighted by molar-refractivity contribution is -0.143. The van der Waals surface area contributed by atoms with Crippen LogP contribution < -0.4 is 16.6 Å². The summed E-state index contributed by atoms with van der Waals surface area (Å²) in [5.41, 5.74) is 8.05. The molecule has 0 aliphatic carbocycles. The molecule has 0 saturated carbocycles. The molecule has 8 heteroatoms. The van der Waals surface area contributed by atoms with Gasteiger partial charge in [0, 0.05) is 17.1 Å². The molecular weight excluding hydrogens is 408 g/mol. The summed E-state index contributed by atoms with van der Waals surface area (Å²) >= 11 is 0. The maximum absolute atomic E-state index is 13.4. The van der Waals surface area contributed by atoms with Crippen molar-refractivity contribution in [3.8, 4) is 11.3 Å². The number of amides is 1. The lowest BCUT2D eigenvalue weighted by Crippen LogP contribution is -2.38. The van der Waals surface area contributed by atoms with Gasteiger partial charge in [-0.05, 0) is 18.2 Å². The zero-order valence-corrected chi connectivity index (χ0v) is 17.2. The smallest absolute Gasteiger partial charge is 0.333 e. The SMILES string of the molecule is COC(=O)C(NC(=O)c1c(N)c(-c2ccccc2)nc2ccccc12)c1ccc[nH]c1=O. The highest BCUT2D eigenvalue weighted by molar-refractivity contribution is 6.13. The number of aromatic nitrogens is 2. The molecule has 0 radical (unpaired) electrons. The summed E-state index contributed by atoms with van der Waals surface area (Å²) in [6.45, 7) is 0. The van der Waals surface area contributed by atoms with Gasteiger partial charge in [-0.3, -0.25) is 9.59 Å². The number of carbonyl (C=O) groups is 2. The largest absolute Gasteiger partial charge is 0.467 e. The second-order valence-electron chi connectivity index (χ2n) is 7.02. The van der Waals surface area contributed by atoms with Crippen molar-refractivity contribution in [2.24, 2.45) is 0 Å². The average molecular weight is 428 g/mol. The van der Waals surface area contributed by atoms with Gasteiger partial charge < -0.3 is 20.8 Å². The number of ether oxygens (including phenoxy) is 1. The second-order valence-corrected chi connectivity index (χ2v) is 7.02. The van der Waals surface area contributed by atoms with E-state index in [0.717, 1.165) is 5.56 Å². The van der Waals surface area contributed by atoms with Crippen molar-refractivity contribution in [1.82, 2.24) is 15.3 Å². The number of aromatic amines is 1. The van der Waals surface area contributed by atoms with Crippen LogP contribution in [0.5, 0.6) is 0 Å². The lowest BCUT2D eigenvalue weighted by Gasteiger charge is -2.19. The first-order chi connectivity index (χ1) is 15.5. The van der Waals surface area contributed by atoms with E-state index in [4.69, 9.17) is 10.5 Å². The number of nitrogens with one attached hydrogen (secondary N) is 2. The maximum Gasteiger partial charge on any atom is 0.333 e. The van der Waals surface area contributed by atoms with Gasteiger partial charge in [0.15, 0.2) is 6.04 Å². The van der Waals surface area contributed by atoms with Crippen molar-refractivity contribution in [2.45, 2.75) is 6.04 Å². The Hall–Kier alpha value is -4.46. The molecule has 2 aromatic carbocycles. The van der Waals surface area contributed by atoms with Crippen LogP contribution in [0.15, 0.2) is 77.7 Å². The minimum Gasteiger partial charge on any atom is -0.467 e. The van der Waals surface area contributed by atoms with Crippen LogP contribution in [0.4, 0.5) is 5.69 Å². The number of rotatable bonds is 5. The number of methoxy groups -OCH3 is 1. The number of nitrogens with zero attached hydrogens (tertiary/aromatic N) is 1. The molecule has 8 nitrogen and oxygen atoms in total. The molecule has 2 aromatic heterocycles. The first-order valence-electron chi connectivity index (χ1n) is 9.81. The van der Waals surface area contributed by atoms with Gasteiger partial charge in [0.1, 0.15) is 0 Å². The number of esters is 1. The quantitative estimate of drug-likeness (QED) is 0.420. The van der Waals surface area contributed by atoms with Crippen molar-refractivity contribution in [3.05, 3.63) is 94.4 Å². The van der Waals surface area contributed by atoms with Gasteiger partial charge in [0.25, 0.3) is 11.5 Å². The number of hydrogen-bond acceptors (Lipinski definition) is 6. The van der Waals surface area contributed by atoms with Crippen LogP contribution in [0.1, 0.15) is 22.0 Å². The molecule has 160 valence electrons. The van der Waals surface area contributed by atoms with Crippen LogP contribution in [0.2, 0.25) is 0 Å². The van der Waals surface area contributed by atoms with Gasteiger partial charge >= 0.3 is 5.97 Å². The van der Waals surface area contributed by atoms with Crippen LogP contribution in [-0.2, 0) is 9.53 Å². The summed E-state index contributed by atoms with van der Waals surface area (Å²) in [6.07, 6.45) is 1.43. The third-order valence-electron chi connectivity index (χ3n) is 5.08. The summed E-state index contributed by atoms with van der Waals surface area (Å²) in [4.78, 5) is 45.3. The highest BCUT2D eigenvalue weighted by Crippen LogP contribution is 2.32. The van der Waals surface area contributed by atoms with Gasteiger partial charge in [-0.1, -0.05) is 48.5 Å². The summed E-state index contributed by atoms with van der Waals surface area (Å²) in [6, 6.07) is 18.0. The number of benzene rings is 2. The molecule has 32 heavy (non-hydrogen) atoms. The maximum atomic E-state index is 13.4. The normalized spacial score (nSPS) is 11.7. The molecular formula is C24H20N4O4. The fraction of sp³-hybridized carbons (Fsp3) is 0.0833. The van der Waals surface area contributed by atoms with Gasteiger partial charge in [-0.25, -0.2) is 9.78 Å². The van der Waals surface area contributed by atoms with Crippen molar-refractivity contribution < 1.29 is 14.3 Å². The van der Waals surface area contributed by atoms with E-state index in [9.17, 15) is 14.4 Å². The van der Waals surface area contributed by atoms with Gasteiger partial charge in [-0.15, -0.1) is 0 Å². The number of hydrogen-bond donors (Lipinski definition) is 3. The molecule has 0 fully saturated rings. The van der Waals surface area contributed by atoms with Crippen molar-refractivity contribution in [2.75, 3.05) is 12.8 Å². The minimum absolute atomic E-state index is 0.0490. The van der Waals surface area contributed by atoms with E-state index in [2.05, 4.69) is 15.3 Å². The Morgan fingerprint density at radius 2 is 1.75 bits per heavy atom. The Morgan fingerprint density at radius 1 is 1.03 bits per heavy atom. The van der Waals surface area contributed by atoms with E-state index in [-0.39, 0.29) is 16.8 Å². The summed E-state index contributed by atoms with van der Waals surface area (Å²) in [7, 11) is 1.18. The summed E-state index contributed by atoms with van der Waals surface area (Å²) in [5, 5.41) is 3.13. The molecule has 1 unspecified atom stereocenters. The Kier molecular flexibility index (Phi) is 5.67. The molecule has 4 aromatic rings. The summed E-state index contributed by atoms with van der Waals surface area (Å²) in [5.74, 6) is -1.41. The Morgan fingerprint density at radius 3 is 2.47 bits per heavy atom. The number of pyridine rings is 2. The van der Waals surface area contributed by atoms with Crippen LogP contribution in [0.25, 0.3) is 22.2 Å². The number of fused-ring (bicyclic) bond motifs is 1. The Balaban J connectivity index is 1.86. The molecule has 2 heterocycles. The number of para-hydroxylation sites is 1. The standard InChI is InChI=1S/C24H20N4O4/c1-32-24(31)21(16-11-7-13-26-22(16)29)28-23(30)18-15-10-5-6-12-17(15)27-20(19(18)25)14-8-3-2-4-9-14/h2-13,21H,25H2,1H3,(H,26,29)(H,28,30). The highest BCUT2D eigenvalue weighted by atomic mass is 16.5. The van der Waals surface area contributed by atoms with E-state index in [0.29, 0.717) is 16.6 Å². The molecule has 0 aliphatic rings. The fourth-order valence-electron chi connectivity index (χ4n) is 3.53. The second kappa shape index (κ2) is 8.73. The fourth-order valence-corrected chi connectivity index (χ4v) is 3.53. The van der Waals surface area contributed by atoms with Crippen molar-refractivity contribution in [3.63, 3.8) is 0 Å². The third kappa shape index (κ3) is 3.81. The van der Waals surface area contributed by atoms with Crippen LogP contribution in [0, 0.1) is 0 Å². The lowest BCUT2D eigenvalue weighted by atomic mass is 10.00. The van der Waals surface area contributed by atoms with Crippen molar-refractivity contribution in [1.29, 1.82) is 0 Å². The zero-order chi connectivity index (χ0) is 22.7. The molecule has 4 N–H and O–H groups in total. The first-order valence-corrected chi connectivity index (χ1v) is 9.81. The number of H-pyrrole nitrogens is 1. The van der Waals surface area contributed by atoms with Crippen LogP contribution in [0.3, 0.4) is 0 Å². The van der Waals surface area contributed by atoms with Crippen molar-refractivity contribution >= 4 is 28.5 Å². The van der Waals surface area contributed by atoms with E-state index in [1.807, 2.05) is 36.4 Å². The molecule has 0 bridgehead atoms. The summed E-state index contributed by atoms with van der Waals surface area (Å²) < 4.78 is 4.82. The molecule has 1 atom stereocenters. The molecule has 1 amide bonds. The van der Waals surface area contributed by atoms with Gasteiger partial charge in [-0.2, -0.15) is 0 Å². The van der Waals surface area contributed by atoms with E-state index in [1.54, 1.807) is 24.3 Å². The third-order valence-corrected chi connectivity index (χ3v) is 5.08. The van der Waals surface area contributed by atoms with E-state index < -0.39 is 23.5 Å². The van der Waals surface area contributed by atoms with E-state index >= 15 is 0 Å². The molecule has 0 spiro atoms. The van der Waals surface area contributed by atoms with Gasteiger partial charge in [0.2, 0.25) is 0 Å². The number of nitrogens with two attached hydrogens (primary N) is 1. The molecule has 0 saturated heterocycles. The topological polar surface area (TPSA) is 127 Å². The Labute approximate surface area is 183 Å².